The number of nitrogens with one attached hydrogen (secondary N) is 1. The number of rotatable bonds is 3. The Morgan fingerprint density at radius 1 is 1.17 bits per heavy atom. The van der Waals surface area contributed by atoms with Gasteiger partial charge in [-0.2, -0.15) is 0 Å². The van der Waals surface area contributed by atoms with Crippen LogP contribution in [0.5, 0.6) is 0 Å². The lowest BCUT2D eigenvalue weighted by Crippen LogP contribution is -2.31. The minimum atomic E-state index is -0.0329. The molecule has 6 heteroatoms. The van der Waals surface area contributed by atoms with Crippen LogP contribution in [0.3, 0.4) is 0 Å². The van der Waals surface area contributed by atoms with Crippen LogP contribution < -0.4 is 0 Å². The van der Waals surface area contributed by atoms with Gasteiger partial charge in [0.1, 0.15) is 11.3 Å². The largest absolute Gasteiger partial charge is 0.440 e. The van der Waals surface area contributed by atoms with E-state index in [0.717, 1.165) is 47.3 Å². The Morgan fingerprint density at radius 2 is 2.03 bits per heavy atom. The zero-order valence-electron chi connectivity index (χ0n) is 16.9. The maximum absolute atomic E-state index is 13.3. The van der Waals surface area contributed by atoms with Gasteiger partial charge < -0.3 is 14.3 Å². The lowest BCUT2D eigenvalue weighted by atomic mass is 10.1. The fourth-order valence-electron chi connectivity index (χ4n) is 4.09. The Bertz CT molecular complexity index is 1220. The molecule has 1 unspecified atom stereocenters. The van der Waals surface area contributed by atoms with E-state index in [4.69, 9.17) is 9.40 Å². The summed E-state index contributed by atoms with van der Waals surface area (Å²) in [6.45, 7) is 6.88. The summed E-state index contributed by atoms with van der Waals surface area (Å²) in [7, 11) is 0. The van der Waals surface area contributed by atoms with Gasteiger partial charge in [-0.3, -0.25) is 4.79 Å². The Kier molecular flexibility index (Phi) is 4.15. The Morgan fingerprint density at radius 3 is 2.86 bits per heavy atom. The third-order valence-electron chi connectivity index (χ3n) is 5.63. The third-order valence-corrected chi connectivity index (χ3v) is 5.63. The minimum absolute atomic E-state index is 0.0140. The quantitative estimate of drug-likeness (QED) is 0.529. The predicted molar refractivity (Wildman–Crippen MR) is 112 cm³/mol. The molecule has 148 valence electrons. The molecule has 1 N–H and O–H groups in total. The summed E-state index contributed by atoms with van der Waals surface area (Å²) in [5.41, 5.74) is 5.23. The van der Waals surface area contributed by atoms with E-state index in [0.29, 0.717) is 11.5 Å². The minimum Gasteiger partial charge on any atom is -0.440 e. The molecule has 0 bridgehead atoms. The number of aromatic nitrogens is 3. The summed E-state index contributed by atoms with van der Waals surface area (Å²) >= 11 is 0. The van der Waals surface area contributed by atoms with Crippen LogP contribution in [-0.2, 0) is 0 Å². The topological polar surface area (TPSA) is 75.0 Å². The Balaban J connectivity index is 1.47. The summed E-state index contributed by atoms with van der Waals surface area (Å²) < 4.78 is 5.77. The number of fused-ring (bicyclic) bond motifs is 2. The number of H-pyrrole nitrogens is 1. The molecule has 1 aliphatic heterocycles. The molecule has 1 saturated heterocycles. The van der Waals surface area contributed by atoms with E-state index in [9.17, 15) is 4.79 Å². The zero-order chi connectivity index (χ0) is 20.1. The first kappa shape index (κ1) is 17.9. The van der Waals surface area contributed by atoms with Gasteiger partial charge in [0.15, 0.2) is 11.5 Å². The number of hydrogen-bond acceptors (Lipinski definition) is 4. The van der Waals surface area contributed by atoms with Crippen LogP contribution in [0, 0.1) is 6.92 Å². The molecule has 4 aromatic rings. The maximum atomic E-state index is 13.3. The van der Waals surface area contributed by atoms with Crippen LogP contribution in [0.1, 0.15) is 66.3 Å². The molecule has 1 aliphatic rings. The van der Waals surface area contributed by atoms with Gasteiger partial charge in [0.05, 0.1) is 17.1 Å². The number of carbonyl (C=O) groups is 1. The number of imidazole rings is 1. The van der Waals surface area contributed by atoms with E-state index >= 15 is 0 Å². The first-order chi connectivity index (χ1) is 14.0. The highest BCUT2D eigenvalue weighted by Gasteiger charge is 2.33. The summed E-state index contributed by atoms with van der Waals surface area (Å²) in [6.07, 6.45) is 1.88. The van der Waals surface area contributed by atoms with Crippen molar-refractivity contribution in [2.24, 2.45) is 0 Å². The van der Waals surface area contributed by atoms with Crippen LogP contribution in [-0.4, -0.2) is 32.3 Å². The SMILES string of the molecule is Cc1ccc2nc(C3CCCN3C(=O)c3ccc4oc(C(C)C)nc4c3)[nH]c2c1. The van der Waals surface area contributed by atoms with Gasteiger partial charge in [-0.15, -0.1) is 0 Å². The van der Waals surface area contributed by atoms with Crippen molar-refractivity contribution < 1.29 is 9.21 Å². The molecule has 1 atom stereocenters. The van der Waals surface area contributed by atoms with Crippen molar-refractivity contribution in [3.8, 4) is 0 Å². The third kappa shape index (κ3) is 3.09. The molecule has 0 aliphatic carbocycles. The number of carbonyl (C=O) groups excluding carboxylic acids is 1. The predicted octanol–water partition coefficient (Wildman–Crippen LogP) is 5.11. The highest BCUT2D eigenvalue weighted by molar-refractivity contribution is 5.97. The number of aryl methyl sites for hydroxylation is 1. The normalized spacial score (nSPS) is 17.1. The molecule has 5 rings (SSSR count). The van der Waals surface area contributed by atoms with Crippen molar-refractivity contribution in [2.45, 2.75) is 45.6 Å². The lowest BCUT2D eigenvalue weighted by molar-refractivity contribution is 0.0730. The molecule has 3 heterocycles. The number of likely N-dealkylation sites (tertiary alicyclic amines) is 1. The molecule has 1 amide bonds. The molecular weight excluding hydrogens is 364 g/mol. The molecule has 0 spiro atoms. The second-order valence-electron chi connectivity index (χ2n) is 8.19. The Labute approximate surface area is 168 Å². The first-order valence-electron chi connectivity index (χ1n) is 10.2. The van der Waals surface area contributed by atoms with Gasteiger partial charge in [-0.25, -0.2) is 9.97 Å². The summed E-state index contributed by atoms with van der Waals surface area (Å²) in [5.74, 6) is 1.78. The van der Waals surface area contributed by atoms with E-state index < -0.39 is 0 Å². The summed E-state index contributed by atoms with van der Waals surface area (Å²) in [4.78, 5) is 28.0. The van der Waals surface area contributed by atoms with Crippen LogP contribution in [0.2, 0.25) is 0 Å². The smallest absolute Gasteiger partial charge is 0.254 e. The van der Waals surface area contributed by atoms with E-state index in [2.05, 4.69) is 29.0 Å². The van der Waals surface area contributed by atoms with E-state index in [1.807, 2.05) is 43.0 Å². The van der Waals surface area contributed by atoms with Crippen molar-refractivity contribution in [1.29, 1.82) is 0 Å². The van der Waals surface area contributed by atoms with Gasteiger partial charge in [-0.05, 0) is 55.7 Å². The summed E-state index contributed by atoms with van der Waals surface area (Å²) in [6, 6.07) is 11.7. The van der Waals surface area contributed by atoms with Gasteiger partial charge in [0, 0.05) is 18.0 Å². The molecule has 2 aromatic heterocycles. The fraction of sp³-hybridized carbons (Fsp3) is 0.348. The van der Waals surface area contributed by atoms with Gasteiger partial charge in [0.25, 0.3) is 5.91 Å². The van der Waals surface area contributed by atoms with Crippen LogP contribution in [0.25, 0.3) is 22.1 Å². The second-order valence-corrected chi connectivity index (χ2v) is 8.19. The number of amides is 1. The highest BCUT2D eigenvalue weighted by Crippen LogP contribution is 2.33. The van der Waals surface area contributed by atoms with E-state index in [1.54, 1.807) is 0 Å². The monoisotopic (exact) mass is 388 g/mol. The van der Waals surface area contributed by atoms with E-state index in [-0.39, 0.29) is 17.9 Å². The van der Waals surface area contributed by atoms with Gasteiger partial charge in [-0.1, -0.05) is 19.9 Å². The van der Waals surface area contributed by atoms with Crippen LogP contribution >= 0.6 is 0 Å². The van der Waals surface area contributed by atoms with Crippen molar-refractivity contribution in [3.63, 3.8) is 0 Å². The maximum Gasteiger partial charge on any atom is 0.254 e. The molecule has 0 saturated carbocycles. The average Bonchev–Trinajstić information content (AvgIpc) is 3.42. The van der Waals surface area contributed by atoms with Gasteiger partial charge >= 0.3 is 0 Å². The number of nitrogens with zero attached hydrogens (tertiary/aromatic N) is 3. The number of aromatic amines is 1. The number of hydrogen-bond donors (Lipinski definition) is 1. The van der Waals surface area contributed by atoms with Gasteiger partial charge in [0.2, 0.25) is 0 Å². The molecule has 2 aromatic carbocycles. The van der Waals surface area contributed by atoms with Crippen LogP contribution in [0.4, 0.5) is 0 Å². The lowest BCUT2D eigenvalue weighted by Gasteiger charge is -2.23. The molecule has 29 heavy (non-hydrogen) atoms. The highest BCUT2D eigenvalue weighted by atomic mass is 16.3. The second kappa shape index (κ2) is 6.72. The zero-order valence-corrected chi connectivity index (χ0v) is 16.9. The van der Waals surface area contributed by atoms with Crippen molar-refractivity contribution in [1.82, 2.24) is 19.9 Å². The molecule has 1 fully saturated rings. The summed E-state index contributed by atoms with van der Waals surface area (Å²) in [5, 5.41) is 0. The van der Waals surface area contributed by atoms with Crippen molar-refractivity contribution in [3.05, 3.63) is 59.2 Å². The fourth-order valence-corrected chi connectivity index (χ4v) is 4.09. The Hall–Kier alpha value is -3.15. The van der Waals surface area contributed by atoms with Crippen molar-refractivity contribution in [2.75, 3.05) is 6.54 Å². The van der Waals surface area contributed by atoms with Crippen LogP contribution in [0.15, 0.2) is 40.8 Å². The number of benzene rings is 2. The standard InChI is InChI=1S/C23H24N4O2/c1-13(2)22-26-18-12-15(7-9-20(18)29-22)23(28)27-10-4-5-19(27)21-24-16-8-6-14(3)11-17(16)25-21/h6-9,11-13,19H,4-5,10H2,1-3H3,(H,24,25). The van der Waals surface area contributed by atoms with Crippen molar-refractivity contribution >= 4 is 28.0 Å². The number of oxazole rings is 1. The first-order valence-corrected chi connectivity index (χ1v) is 10.2. The molecular formula is C23H24N4O2. The molecule has 6 nitrogen and oxygen atoms in total. The van der Waals surface area contributed by atoms with E-state index in [1.165, 1.54) is 5.56 Å². The molecule has 0 radical (unpaired) electrons. The average molecular weight is 388 g/mol.